The van der Waals surface area contributed by atoms with Crippen molar-refractivity contribution in [2.75, 3.05) is 6.61 Å². The van der Waals surface area contributed by atoms with Crippen LogP contribution < -0.4 is 0 Å². The Labute approximate surface area is 79.0 Å². The minimum atomic E-state index is -0.450. The van der Waals surface area contributed by atoms with E-state index in [0.29, 0.717) is 12.2 Å². The highest BCUT2D eigenvalue weighted by atomic mass is 16.5. The van der Waals surface area contributed by atoms with Crippen molar-refractivity contribution in [1.29, 1.82) is 5.26 Å². The van der Waals surface area contributed by atoms with Crippen LogP contribution in [-0.2, 0) is 9.53 Å². The summed E-state index contributed by atoms with van der Waals surface area (Å²) in [6, 6.07) is 1.99. The first-order valence-corrected chi connectivity index (χ1v) is 4.20. The maximum Gasteiger partial charge on any atom is 0.331 e. The Balaban J connectivity index is 4.61. The van der Waals surface area contributed by atoms with Crippen molar-refractivity contribution in [2.24, 2.45) is 5.41 Å². The Hall–Kier alpha value is -1.30. The minimum Gasteiger partial charge on any atom is -0.463 e. The van der Waals surface area contributed by atoms with E-state index in [4.69, 9.17) is 10.00 Å². The Morgan fingerprint density at radius 3 is 2.38 bits per heavy atom. The van der Waals surface area contributed by atoms with Gasteiger partial charge in [0.15, 0.2) is 0 Å². The lowest BCUT2D eigenvalue weighted by Crippen LogP contribution is -2.11. The fraction of sp³-hybridized carbons (Fsp3) is 0.600. The van der Waals surface area contributed by atoms with Crippen molar-refractivity contribution in [1.82, 2.24) is 0 Å². The van der Waals surface area contributed by atoms with Gasteiger partial charge in [-0.1, -0.05) is 20.8 Å². The number of hydrogen-bond donors (Lipinski definition) is 0. The quantitative estimate of drug-likeness (QED) is 0.372. The minimum absolute atomic E-state index is 0.304. The molecule has 0 aromatic rings. The van der Waals surface area contributed by atoms with Crippen molar-refractivity contribution in [3.63, 3.8) is 0 Å². The summed E-state index contributed by atoms with van der Waals surface area (Å²) in [5.74, 6) is -0.450. The first-order valence-electron chi connectivity index (χ1n) is 4.20. The number of allylic oxidation sites excluding steroid dienone is 1. The van der Waals surface area contributed by atoms with Crippen LogP contribution in [0.25, 0.3) is 0 Å². The van der Waals surface area contributed by atoms with Crippen molar-refractivity contribution in [2.45, 2.75) is 27.7 Å². The second kappa shape index (κ2) is 4.66. The number of carbonyl (C=O) groups excluding carboxylic acids is 1. The molecule has 0 saturated heterocycles. The number of nitriles is 1. The number of ether oxygens (including phenoxy) is 1. The van der Waals surface area contributed by atoms with Gasteiger partial charge in [0.05, 0.1) is 12.7 Å². The van der Waals surface area contributed by atoms with Crippen molar-refractivity contribution >= 4 is 5.97 Å². The van der Waals surface area contributed by atoms with Crippen LogP contribution in [0.2, 0.25) is 0 Å². The second-order valence-electron chi connectivity index (χ2n) is 3.67. The van der Waals surface area contributed by atoms with Gasteiger partial charge in [-0.3, -0.25) is 0 Å². The number of nitrogens with zero attached hydrogens (tertiary/aromatic N) is 1. The predicted molar refractivity (Wildman–Crippen MR) is 49.8 cm³/mol. The molecule has 0 bridgehead atoms. The van der Waals surface area contributed by atoms with Crippen LogP contribution in [0, 0.1) is 16.7 Å². The van der Waals surface area contributed by atoms with Crippen LogP contribution in [0.15, 0.2) is 11.6 Å². The largest absolute Gasteiger partial charge is 0.463 e. The molecule has 72 valence electrons. The van der Waals surface area contributed by atoms with Crippen molar-refractivity contribution < 1.29 is 9.53 Å². The van der Waals surface area contributed by atoms with Gasteiger partial charge in [-0.25, -0.2) is 4.79 Å². The molecular weight excluding hydrogens is 166 g/mol. The van der Waals surface area contributed by atoms with Gasteiger partial charge in [-0.15, -0.1) is 0 Å². The molecular formula is C10H15NO2. The highest BCUT2D eigenvalue weighted by Crippen LogP contribution is 2.24. The summed E-state index contributed by atoms with van der Waals surface area (Å²) in [5.41, 5.74) is 0.132. The summed E-state index contributed by atoms with van der Waals surface area (Å²) in [6.07, 6.45) is 1.25. The summed E-state index contributed by atoms with van der Waals surface area (Å²) >= 11 is 0. The normalized spacial score (nSPS) is 12.1. The highest BCUT2D eigenvalue weighted by Gasteiger charge is 2.18. The molecule has 0 aliphatic carbocycles. The van der Waals surface area contributed by atoms with E-state index in [0.717, 1.165) is 0 Å². The van der Waals surface area contributed by atoms with Gasteiger partial charge < -0.3 is 4.74 Å². The van der Waals surface area contributed by atoms with Crippen molar-refractivity contribution in [3.8, 4) is 6.07 Å². The molecule has 0 aromatic carbocycles. The van der Waals surface area contributed by atoms with Gasteiger partial charge >= 0.3 is 5.97 Å². The average molecular weight is 181 g/mol. The first kappa shape index (κ1) is 11.7. The molecule has 3 nitrogen and oxygen atoms in total. The number of carbonyl (C=O) groups is 1. The zero-order chi connectivity index (χ0) is 10.5. The van der Waals surface area contributed by atoms with Gasteiger partial charge in [-0.2, -0.15) is 5.26 Å². The van der Waals surface area contributed by atoms with Gasteiger partial charge in [0, 0.05) is 11.6 Å². The van der Waals surface area contributed by atoms with Crippen LogP contribution in [0.5, 0.6) is 0 Å². The first-order chi connectivity index (χ1) is 5.91. The fourth-order valence-electron chi connectivity index (χ4n) is 0.718. The van der Waals surface area contributed by atoms with E-state index in [1.807, 2.05) is 26.8 Å². The molecule has 0 atom stereocenters. The molecule has 13 heavy (non-hydrogen) atoms. The van der Waals surface area contributed by atoms with Crippen LogP contribution >= 0.6 is 0 Å². The summed E-state index contributed by atoms with van der Waals surface area (Å²) in [5, 5.41) is 8.75. The molecule has 0 aromatic heterocycles. The summed E-state index contributed by atoms with van der Waals surface area (Å²) in [6.45, 7) is 7.69. The Bertz CT molecular complexity index is 253. The molecule has 0 aliphatic rings. The molecule has 0 fully saturated rings. The summed E-state index contributed by atoms with van der Waals surface area (Å²) in [7, 11) is 0. The van der Waals surface area contributed by atoms with E-state index in [-0.39, 0.29) is 5.41 Å². The lowest BCUT2D eigenvalue weighted by atomic mass is 9.87. The fourth-order valence-corrected chi connectivity index (χ4v) is 0.718. The monoisotopic (exact) mass is 181 g/mol. The summed E-state index contributed by atoms with van der Waals surface area (Å²) < 4.78 is 4.70. The lowest BCUT2D eigenvalue weighted by Gasteiger charge is -2.16. The van der Waals surface area contributed by atoms with Crippen LogP contribution in [0.4, 0.5) is 0 Å². The maximum atomic E-state index is 11.0. The molecule has 0 heterocycles. The SMILES string of the molecule is CCOC(=O)C=C(C#N)C(C)(C)C. The molecule has 0 radical (unpaired) electrons. The highest BCUT2D eigenvalue weighted by molar-refractivity contribution is 5.83. The zero-order valence-corrected chi connectivity index (χ0v) is 8.55. The third kappa shape index (κ3) is 4.32. The van der Waals surface area contributed by atoms with Crippen LogP contribution in [0.1, 0.15) is 27.7 Å². The molecule has 0 rings (SSSR count). The smallest absolute Gasteiger partial charge is 0.331 e. The second-order valence-corrected chi connectivity index (χ2v) is 3.67. The Morgan fingerprint density at radius 1 is 1.54 bits per heavy atom. The standard InChI is InChI=1S/C10H15NO2/c1-5-13-9(12)6-8(7-11)10(2,3)4/h6H,5H2,1-4H3. The molecule has 0 saturated carbocycles. The lowest BCUT2D eigenvalue weighted by molar-refractivity contribution is -0.137. The number of esters is 1. The van der Waals surface area contributed by atoms with E-state index in [1.54, 1.807) is 6.92 Å². The Morgan fingerprint density at radius 2 is 2.08 bits per heavy atom. The third-order valence-electron chi connectivity index (χ3n) is 1.48. The molecule has 3 heteroatoms. The van der Waals surface area contributed by atoms with Gasteiger partial charge in [0.1, 0.15) is 0 Å². The van der Waals surface area contributed by atoms with E-state index < -0.39 is 5.97 Å². The third-order valence-corrected chi connectivity index (χ3v) is 1.48. The zero-order valence-electron chi connectivity index (χ0n) is 8.55. The molecule has 0 N–H and O–H groups in total. The molecule has 0 aliphatic heterocycles. The van der Waals surface area contributed by atoms with E-state index in [2.05, 4.69) is 0 Å². The van der Waals surface area contributed by atoms with E-state index in [1.165, 1.54) is 6.08 Å². The predicted octanol–water partition coefficient (Wildman–Crippen LogP) is 2.05. The topological polar surface area (TPSA) is 50.1 Å². The molecule has 0 amide bonds. The Kier molecular flexibility index (Phi) is 4.19. The van der Waals surface area contributed by atoms with E-state index in [9.17, 15) is 4.79 Å². The van der Waals surface area contributed by atoms with E-state index >= 15 is 0 Å². The molecule has 0 unspecified atom stereocenters. The number of rotatable bonds is 2. The average Bonchev–Trinajstić information content (AvgIpc) is 1.98. The number of hydrogen-bond acceptors (Lipinski definition) is 3. The van der Waals surface area contributed by atoms with Gasteiger partial charge in [-0.05, 0) is 12.3 Å². The van der Waals surface area contributed by atoms with Gasteiger partial charge in [0.25, 0.3) is 0 Å². The summed E-state index contributed by atoms with van der Waals surface area (Å²) in [4.78, 5) is 11.0. The van der Waals surface area contributed by atoms with Gasteiger partial charge in [0.2, 0.25) is 0 Å². The molecule has 0 spiro atoms. The van der Waals surface area contributed by atoms with Crippen LogP contribution in [0.3, 0.4) is 0 Å². The van der Waals surface area contributed by atoms with Crippen molar-refractivity contribution in [3.05, 3.63) is 11.6 Å². The maximum absolute atomic E-state index is 11.0. The van der Waals surface area contributed by atoms with Crippen LogP contribution in [-0.4, -0.2) is 12.6 Å².